The topological polar surface area (TPSA) is 134 Å². The Hall–Kier alpha value is -3.01. The van der Waals surface area contributed by atoms with Gasteiger partial charge in [-0.2, -0.15) is 0 Å². The van der Waals surface area contributed by atoms with Crippen molar-refractivity contribution in [1.29, 1.82) is 0 Å². The van der Waals surface area contributed by atoms with Crippen molar-refractivity contribution < 1.29 is 42.5 Å². The highest BCUT2D eigenvalue weighted by molar-refractivity contribution is 5.99. The summed E-state index contributed by atoms with van der Waals surface area (Å²) in [5.41, 5.74) is 3.62. The van der Waals surface area contributed by atoms with Gasteiger partial charge in [0.25, 0.3) is 6.26 Å². The van der Waals surface area contributed by atoms with Gasteiger partial charge >= 0.3 is 0 Å². The first-order chi connectivity index (χ1) is 14.2. The molecule has 2 aromatic rings. The molecule has 0 N–H and O–H groups in total. The lowest BCUT2D eigenvalue weighted by Gasteiger charge is -2.17. The van der Waals surface area contributed by atoms with Crippen LogP contribution in [0.15, 0.2) is 64.9 Å². The SMILES string of the molecule is COc1ccc(C(=O)Cc2cc3c4ccccc4nc-3c[o+]2C)cc1.[O-][Cl+3]([O-])([O-])[O-]. The van der Waals surface area contributed by atoms with E-state index in [2.05, 4.69) is 15.1 Å². The Bertz CT molecular complexity index is 1130. The molecule has 0 aliphatic carbocycles. The second-order valence-electron chi connectivity index (χ2n) is 6.42. The summed E-state index contributed by atoms with van der Waals surface area (Å²) in [6.07, 6.45) is 2.22. The van der Waals surface area contributed by atoms with Crippen molar-refractivity contribution in [3.63, 3.8) is 0 Å². The molecule has 0 bridgehead atoms. The number of fused-ring (bicyclic) bond motifs is 3. The third-order valence-electron chi connectivity index (χ3n) is 4.47. The molecular formula is C21H18ClNO7. The summed E-state index contributed by atoms with van der Waals surface area (Å²) < 4.78 is 42.0. The van der Waals surface area contributed by atoms with Gasteiger partial charge in [0.2, 0.25) is 5.76 Å². The van der Waals surface area contributed by atoms with Crippen LogP contribution in [0.1, 0.15) is 16.1 Å². The molecule has 2 heterocycles. The molecule has 0 aromatic heterocycles. The zero-order chi connectivity index (χ0) is 21.9. The Kier molecular flexibility index (Phi) is 6.35. The van der Waals surface area contributed by atoms with Gasteiger partial charge in [0, 0.05) is 22.6 Å². The number of methoxy groups -OCH3 is 1. The van der Waals surface area contributed by atoms with E-state index in [0.717, 1.165) is 33.7 Å². The van der Waals surface area contributed by atoms with Crippen molar-refractivity contribution in [2.75, 3.05) is 7.11 Å². The van der Waals surface area contributed by atoms with Gasteiger partial charge in [0.05, 0.1) is 12.6 Å². The summed E-state index contributed by atoms with van der Waals surface area (Å²) in [6.45, 7) is 0. The van der Waals surface area contributed by atoms with Gasteiger partial charge in [0.15, 0.2) is 18.6 Å². The molecule has 8 nitrogen and oxygen atoms in total. The second-order valence-corrected chi connectivity index (χ2v) is 7.18. The van der Waals surface area contributed by atoms with Gasteiger partial charge in [-0.15, -0.1) is 10.2 Å². The Labute approximate surface area is 174 Å². The Balaban J connectivity index is 0.000000461. The Morgan fingerprint density at radius 1 is 1.07 bits per heavy atom. The number of benzene rings is 2. The Morgan fingerprint density at radius 2 is 1.70 bits per heavy atom. The first kappa shape index (κ1) is 21.7. The van der Waals surface area contributed by atoms with Crippen LogP contribution in [0.2, 0.25) is 0 Å². The maximum atomic E-state index is 12.6. The van der Waals surface area contributed by atoms with E-state index in [-0.39, 0.29) is 5.78 Å². The molecule has 0 spiro atoms. The van der Waals surface area contributed by atoms with E-state index in [1.807, 2.05) is 37.6 Å². The third-order valence-corrected chi connectivity index (χ3v) is 4.47. The van der Waals surface area contributed by atoms with Gasteiger partial charge < -0.3 is 8.78 Å². The van der Waals surface area contributed by atoms with Crippen molar-refractivity contribution in [2.45, 2.75) is 6.42 Å². The number of hydrogen-bond donors (Lipinski definition) is 0. The average Bonchev–Trinajstić information content (AvgIpc) is 3.04. The summed E-state index contributed by atoms with van der Waals surface area (Å²) in [6, 6.07) is 17.3. The summed E-state index contributed by atoms with van der Waals surface area (Å²) >= 11 is 0. The highest BCUT2D eigenvalue weighted by atomic mass is 35.7. The molecule has 156 valence electrons. The van der Waals surface area contributed by atoms with Crippen LogP contribution in [0.3, 0.4) is 0 Å². The number of carbonyl (C=O) groups excluding carboxylic acids is 1. The number of Topliss-reactive ketones (excluding diaryl/α,β-unsaturated/α-hetero) is 1. The van der Waals surface area contributed by atoms with Crippen LogP contribution >= 0.6 is 0 Å². The summed E-state index contributed by atoms with van der Waals surface area (Å²) in [5.74, 6) is 1.69. The molecule has 0 fully saturated rings. The number of aromatic nitrogens is 1. The molecule has 2 aliphatic heterocycles. The summed E-state index contributed by atoms with van der Waals surface area (Å²) in [7, 11) is -1.46. The van der Waals surface area contributed by atoms with Gasteiger partial charge in [-0.25, -0.2) is 23.6 Å². The Morgan fingerprint density at radius 3 is 2.33 bits per heavy atom. The lowest BCUT2D eigenvalue weighted by molar-refractivity contribution is -2.00. The third kappa shape index (κ3) is 5.32. The van der Waals surface area contributed by atoms with Crippen LogP contribution in [-0.2, 0) is 13.5 Å². The van der Waals surface area contributed by atoms with E-state index in [0.29, 0.717) is 12.0 Å². The van der Waals surface area contributed by atoms with Gasteiger partial charge in [-0.05, 0) is 30.3 Å². The number of hydrogen-bond acceptors (Lipinski definition) is 7. The molecule has 0 atom stereocenters. The predicted molar refractivity (Wildman–Crippen MR) is 97.2 cm³/mol. The van der Waals surface area contributed by atoms with E-state index in [1.165, 1.54) is 0 Å². The standard InChI is InChI=1S/C21H18NO3.ClHO4/c1-24-15-9-7-14(8-10-15)21(23)12-16-11-18-17-5-3-4-6-19(17)22-20(18)13-25(16)2;2-1(3,4)5/h3-11,13H,12H2,1-2H3;(H,2,3,4,5)/q+1;/p-1. The van der Waals surface area contributed by atoms with Crippen molar-refractivity contribution in [1.82, 2.24) is 4.98 Å². The lowest BCUT2D eigenvalue weighted by atomic mass is 10.0. The quantitative estimate of drug-likeness (QED) is 0.323. The predicted octanol–water partition coefficient (Wildman–Crippen LogP) is -0.165. The average molecular weight is 432 g/mol. The fourth-order valence-electron chi connectivity index (χ4n) is 3.07. The molecule has 30 heavy (non-hydrogen) atoms. The van der Waals surface area contributed by atoms with Gasteiger partial charge in [0.1, 0.15) is 12.2 Å². The number of rotatable bonds is 4. The van der Waals surface area contributed by atoms with E-state index in [1.54, 1.807) is 31.4 Å². The van der Waals surface area contributed by atoms with E-state index in [4.69, 9.17) is 23.4 Å². The van der Waals surface area contributed by atoms with Crippen LogP contribution in [-0.4, -0.2) is 17.9 Å². The molecule has 0 amide bonds. The van der Waals surface area contributed by atoms with Gasteiger partial charge in [-0.1, -0.05) is 18.2 Å². The van der Waals surface area contributed by atoms with Crippen molar-refractivity contribution in [2.24, 2.45) is 7.11 Å². The fraction of sp³-hybridized carbons (Fsp3) is 0.143. The number of nitrogens with zero attached hydrogens (tertiary/aromatic N) is 1. The number of ketones is 1. The zero-order valence-corrected chi connectivity index (χ0v) is 16.9. The van der Waals surface area contributed by atoms with Crippen LogP contribution in [0.4, 0.5) is 0 Å². The number of ether oxygens (including phenoxy) is 1. The highest BCUT2D eigenvalue weighted by Gasteiger charge is 2.21. The lowest BCUT2D eigenvalue weighted by Crippen LogP contribution is -2.68. The summed E-state index contributed by atoms with van der Waals surface area (Å²) in [5, 5.41) is 1.11. The molecule has 4 rings (SSSR count). The van der Waals surface area contributed by atoms with Crippen molar-refractivity contribution in [3.8, 4) is 17.0 Å². The second kappa shape index (κ2) is 8.78. The number of para-hydroxylation sites is 1. The minimum absolute atomic E-state index is 0.0638. The molecule has 0 saturated heterocycles. The first-order valence-electron chi connectivity index (χ1n) is 8.70. The molecule has 0 radical (unpaired) electrons. The molecule has 0 saturated carbocycles. The maximum absolute atomic E-state index is 12.6. The van der Waals surface area contributed by atoms with Gasteiger partial charge in [-0.3, -0.25) is 4.79 Å². The first-order valence-corrected chi connectivity index (χ1v) is 9.94. The maximum Gasteiger partial charge on any atom is 0.250 e. The van der Waals surface area contributed by atoms with E-state index in [9.17, 15) is 4.79 Å². The zero-order valence-electron chi connectivity index (χ0n) is 16.2. The normalized spacial score (nSPS) is 11.3. The van der Waals surface area contributed by atoms with Crippen LogP contribution in [0, 0.1) is 10.2 Å². The summed E-state index contributed by atoms with van der Waals surface area (Å²) in [4.78, 5) is 17.3. The largest absolute Gasteiger partial charge is 0.544 e. The minimum Gasteiger partial charge on any atom is -0.544 e. The van der Waals surface area contributed by atoms with Crippen molar-refractivity contribution in [3.05, 3.63) is 72.2 Å². The fourth-order valence-corrected chi connectivity index (χ4v) is 3.07. The number of carbonyl (C=O) groups is 1. The number of halogens is 1. The molecule has 0 unspecified atom stereocenters. The number of aryl methyl sites for hydroxylation is 1. The van der Waals surface area contributed by atoms with E-state index < -0.39 is 10.2 Å². The molecule has 2 aliphatic rings. The van der Waals surface area contributed by atoms with E-state index >= 15 is 0 Å². The molecular weight excluding hydrogens is 414 g/mol. The van der Waals surface area contributed by atoms with Crippen molar-refractivity contribution >= 4 is 16.7 Å². The van der Waals surface area contributed by atoms with Crippen LogP contribution in [0.25, 0.3) is 22.2 Å². The highest BCUT2D eigenvalue weighted by Crippen LogP contribution is 2.33. The van der Waals surface area contributed by atoms with Crippen LogP contribution in [0.5, 0.6) is 5.75 Å². The molecule has 2 aromatic carbocycles. The molecule has 9 heteroatoms. The monoisotopic (exact) mass is 431 g/mol. The minimum atomic E-state index is -4.94. The smallest absolute Gasteiger partial charge is 0.250 e. The van der Waals surface area contributed by atoms with Crippen LogP contribution < -0.4 is 23.4 Å².